The molecule has 1 N–H and O–H groups in total. The predicted molar refractivity (Wildman–Crippen MR) is 153 cm³/mol. The lowest BCUT2D eigenvalue weighted by Gasteiger charge is -2.36. The molecular formula is C30H35N3O5S. The second kappa shape index (κ2) is 12.9. The van der Waals surface area contributed by atoms with Crippen LogP contribution in [-0.2, 0) is 20.9 Å². The van der Waals surface area contributed by atoms with E-state index in [2.05, 4.69) is 5.32 Å². The van der Waals surface area contributed by atoms with E-state index in [0.717, 1.165) is 28.4 Å². The molecule has 2 heterocycles. The van der Waals surface area contributed by atoms with Gasteiger partial charge in [-0.25, -0.2) is 9.79 Å². The molecule has 4 rings (SSSR count). The minimum atomic E-state index is -0.547. The number of allylic oxidation sites excluding steroid dienone is 1. The average Bonchev–Trinajstić information content (AvgIpc) is 3.36. The van der Waals surface area contributed by atoms with Gasteiger partial charge in [0.05, 0.1) is 38.0 Å². The maximum atomic E-state index is 13.2. The molecule has 0 bridgehead atoms. The zero-order valence-electron chi connectivity index (χ0n) is 23.0. The average molecular weight is 550 g/mol. The zero-order valence-corrected chi connectivity index (χ0v) is 23.8. The van der Waals surface area contributed by atoms with E-state index >= 15 is 0 Å². The Morgan fingerprint density at radius 2 is 1.87 bits per heavy atom. The summed E-state index contributed by atoms with van der Waals surface area (Å²) in [5, 5.41) is 5.69. The summed E-state index contributed by atoms with van der Waals surface area (Å²) in [5.41, 5.74) is 3.71. The van der Waals surface area contributed by atoms with E-state index in [9.17, 15) is 9.59 Å². The fourth-order valence-electron chi connectivity index (χ4n) is 4.53. The van der Waals surface area contributed by atoms with Crippen molar-refractivity contribution in [2.45, 2.75) is 58.7 Å². The SMILES string of the molecule is CCC1=C(C(=O)OC)[C@H](c2ccc(OCc3ccccc3)c(OC)c2)N2C(CC(=O)N[C@@H](C)CC)=CSC2=N1. The molecule has 2 aromatic carbocycles. The number of methoxy groups -OCH3 is 2. The number of rotatable bonds is 11. The summed E-state index contributed by atoms with van der Waals surface area (Å²) in [6.07, 6.45) is 1.56. The van der Waals surface area contributed by atoms with Gasteiger partial charge < -0.3 is 24.4 Å². The summed E-state index contributed by atoms with van der Waals surface area (Å²) < 4.78 is 17.0. The van der Waals surface area contributed by atoms with E-state index < -0.39 is 12.0 Å². The lowest BCUT2D eigenvalue weighted by molar-refractivity contribution is -0.136. The molecule has 8 nitrogen and oxygen atoms in total. The molecule has 2 aliphatic rings. The lowest BCUT2D eigenvalue weighted by Crippen LogP contribution is -2.39. The first-order valence-electron chi connectivity index (χ1n) is 13.1. The number of ether oxygens (including phenoxy) is 3. The molecule has 0 saturated carbocycles. The number of fused-ring (bicyclic) bond motifs is 1. The number of carbonyl (C=O) groups excluding carboxylic acids is 2. The van der Waals surface area contributed by atoms with Crippen LogP contribution in [-0.4, -0.2) is 42.2 Å². The van der Waals surface area contributed by atoms with Crippen LogP contribution < -0.4 is 14.8 Å². The maximum absolute atomic E-state index is 13.2. The van der Waals surface area contributed by atoms with Crippen molar-refractivity contribution in [2.24, 2.45) is 4.99 Å². The minimum Gasteiger partial charge on any atom is -0.493 e. The van der Waals surface area contributed by atoms with Crippen molar-refractivity contribution in [3.8, 4) is 11.5 Å². The van der Waals surface area contributed by atoms with Crippen molar-refractivity contribution < 1.29 is 23.8 Å². The zero-order chi connectivity index (χ0) is 27.9. The number of esters is 1. The normalized spacial score (nSPS) is 17.2. The molecule has 0 unspecified atom stereocenters. The van der Waals surface area contributed by atoms with Crippen molar-refractivity contribution in [3.63, 3.8) is 0 Å². The Morgan fingerprint density at radius 1 is 1.10 bits per heavy atom. The number of aliphatic imine (C=N–C) groups is 1. The van der Waals surface area contributed by atoms with Gasteiger partial charge in [0.1, 0.15) is 6.61 Å². The van der Waals surface area contributed by atoms with E-state index in [1.54, 1.807) is 7.11 Å². The third-order valence-corrected chi connectivity index (χ3v) is 7.62. The number of nitrogens with one attached hydrogen (secondary N) is 1. The van der Waals surface area contributed by atoms with Crippen molar-refractivity contribution in [1.82, 2.24) is 10.2 Å². The van der Waals surface area contributed by atoms with Crippen molar-refractivity contribution in [2.75, 3.05) is 14.2 Å². The van der Waals surface area contributed by atoms with Crippen LogP contribution in [0.5, 0.6) is 11.5 Å². The third kappa shape index (κ3) is 6.30. The second-order valence-corrected chi connectivity index (χ2v) is 10.2. The summed E-state index contributed by atoms with van der Waals surface area (Å²) in [5.74, 6) is 0.599. The molecule has 2 aliphatic heterocycles. The van der Waals surface area contributed by atoms with Crippen molar-refractivity contribution in [1.29, 1.82) is 0 Å². The van der Waals surface area contributed by atoms with Crippen LogP contribution in [0.15, 0.2) is 75.9 Å². The summed E-state index contributed by atoms with van der Waals surface area (Å²) in [6, 6.07) is 15.1. The van der Waals surface area contributed by atoms with Gasteiger partial charge in [-0.15, -0.1) is 0 Å². The molecule has 0 aromatic heterocycles. The molecule has 0 radical (unpaired) electrons. The highest BCUT2D eigenvalue weighted by atomic mass is 32.2. The van der Waals surface area contributed by atoms with E-state index in [1.807, 2.05) is 79.6 Å². The predicted octanol–water partition coefficient (Wildman–Crippen LogP) is 5.72. The van der Waals surface area contributed by atoms with Gasteiger partial charge in [0.25, 0.3) is 0 Å². The first-order valence-corrected chi connectivity index (χ1v) is 14.0. The molecule has 206 valence electrons. The molecule has 2 atom stereocenters. The minimum absolute atomic E-state index is 0.0716. The molecule has 0 fully saturated rings. The monoisotopic (exact) mass is 549 g/mol. The van der Waals surface area contributed by atoms with Gasteiger partial charge in [-0.1, -0.05) is 62.0 Å². The van der Waals surface area contributed by atoms with Gasteiger partial charge in [0.15, 0.2) is 16.7 Å². The second-order valence-electron chi connectivity index (χ2n) is 9.34. The van der Waals surface area contributed by atoms with Crippen LogP contribution in [0.1, 0.15) is 57.2 Å². The number of carbonyl (C=O) groups is 2. The summed E-state index contributed by atoms with van der Waals surface area (Å²) in [6.45, 7) is 6.36. The topological polar surface area (TPSA) is 89.5 Å². The molecule has 9 heteroatoms. The fraction of sp³-hybridized carbons (Fsp3) is 0.367. The van der Waals surface area contributed by atoms with Gasteiger partial charge in [-0.05, 0) is 48.4 Å². The largest absolute Gasteiger partial charge is 0.493 e. The van der Waals surface area contributed by atoms with Crippen LogP contribution in [0.25, 0.3) is 0 Å². The molecular weight excluding hydrogens is 514 g/mol. The third-order valence-electron chi connectivity index (χ3n) is 6.73. The summed E-state index contributed by atoms with van der Waals surface area (Å²) >= 11 is 1.45. The van der Waals surface area contributed by atoms with Gasteiger partial charge in [-0.2, -0.15) is 0 Å². The van der Waals surface area contributed by atoms with Gasteiger partial charge in [-0.3, -0.25) is 4.79 Å². The van der Waals surface area contributed by atoms with Crippen molar-refractivity contribution >= 4 is 28.8 Å². The Bertz CT molecular complexity index is 1300. The number of amidine groups is 1. The number of thioether (sulfide) groups is 1. The Balaban J connectivity index is 1.71. The van der Waals surface area contributed by atoms with E-state index in [0.29, 0.717) is 35.8 Å². The van der Waals surface area contributed by atoms with E-state index in [4.69, 9.17) is 19.2 Å². The number of amides is 1. The highest BCUT2D eigenvalue weighted by Gasteiger charge is 2.41. The Labute approximate surface area is 234 Å². The molecule has 39 heavy (non-hydrogen) atoms. The van der Waals surface area contributed by atoms with Gasteiger partial charge in [0.2, 0.25) is 5.91 Å². The van der Waals surface area contributed by atoms with Gasteiger partial charge >= 0.3 is 5.97 Å². The quantitative estimate of drug-likeness (QED) is 0.359. The van der Waals surface area contributed by atoms with Crippen molar-refractivity contribution in [3.05, 3.63) is 82.0 Å². The Kier molecular flexibility index (Phi) is 9.35. The highest BCUT2D eigenvalue weighted by Crippen LogP contribution is 2.46. The maximum Gasteiger partial charge on any atom is 0.338 e. The van der Waals surface area contributed by atoms with Crippen LogP contribution in [0, 0.1) is 0 Å². The van der Waals surface area contributed by atoms with E-state index in [-0.39, 0.29) is 18.4 Å². The molecule has 0 spiro atoms. The van der Waals surface area contributed by atoms with Crippen LogP contribution in [0.3, 0.4) is 0 Å². The van der Waals surface area contributed by atoms with E-state index in [1.165, 1.54) is 18.9 Å². The standard InChI is InChI=1S/C30H35N3O5S/c1-6-19(3)31-26(34)16-22-18-39-30-32-23(7-2)27(29(35)37-5)28(33(22)30)21-13-14-24(25(15-21)36-4)38-17-20-11-9-8-10-12-20/h8-15,18-19,28H,6-7,16-17H2,1-5H3,(H,31,34)/t19-,28-/m0/s1. The molecule has 2 aromatic rings. The number of hydrogen-bond donors (Lipinski definition) is 1. The number of benzene rings is 2. The lowest BCUT2D eigenvalue weighted by atomic mass is 9.92. The number of nitrogens with zero attached hydrogens (tertiary/aromatic N) is 2. The smallest absolute Gasteiger partial charge is 0.338 e. The molecule has 1 amide bonds. The first kappa shape index (κ1) is 28.3. The van der Waals surface area contributed by atoms with Crippen LogP contribution >= 0.6 is 11.8 Å². The van der Waals surface area contributed by atoms with Crippen LogP contribution in [0.4, 0.5) is 0 Å². The highest BCUT2D eigenvalue weighted by molar-refractivity contribution is 8.16. The van der Waals surface area contributed by atoms with Gasteiger partial charge in [0, 0.05) is 11.7 Å². The Hall–Kier alpha value is -3.72. The fourth-order valence-corrected chi connectivity index (χ4v) is 5.47. The summed E-state index contributed by atoms with van der Waals surface area (Å²) in [4.78, 5) is 32.8. The molecule has 0 aliphatic carbocycles. The van der Waals surface area contributed by atoms with Crippen LogP contribution in [0.2, 0.25) is 0 Å². The molecule has 0 saturated heterocycles. The Morgan fingerprint density at radius 3 is 2.54 bits per heavy atom. The number of hydrogen-bond acceptors (Lipinski definition) is 8. The summed E-state index contributed by atoms with van der Waals surface area (Å²) in [7, 11) is 2.96. The first-order chi connectivity index (χ1) is 18.9.